The van der Waals surface area contributed by atoms with Gasteiger partial charge in [-0.05, 0) is 72.8 Å². The van der Waals surface area contributed by atoms with Crippen molar-refractivity contribution in [1.29, 1.82) is 0 Å². The Hall–Kier alpha value is -5.64. The molecule has 0 radical (unpaired) electrons. The van der Waals surface area contributed by atoms with Crippen LogP contribution in [0.4, 0.5) is 34.1 Å². The Labute approximate surface area is 313 Å². The number of anilines is 6. The number of benzene rings is 6. The number of hydrogen-bond donors (Lipinski definition) is 0. The van der Waals surface area contributed by atoms with Crippen LogP contribution in [0.15, 0.2) is 158 Å². The van der Waals surface area contributed by atoms with Gasteiger partial charge in [-0.1, -0.05) is 101 Å². The molecule has 0 atom stereocenters. The van der Waals surface area contributed by atoms with Crippen LogP contribution >= 0.6 is 0 Å². The molecule has 6 heteroatoms. The van der Waals surface area contributed by atoms with Gasteiger partial charge in [-0.3, -0.25) is 0 Å². The van der Waals surface area contributed by atoms with Gasteiger partial charge in [-0.2, -0.15) is 12.1 Å². The molecule has 0 bridgehead atoms. The van der Waals surface area contributed by atoms with Crippen LogP contribution in [0.3, 0.4) is 0 Å². The second-order valence-corrected chi connectivity index (χ2v) is 12.9. The number of pyridine rings is 1. The van der Waals surface area contributed by atoms with Gasteiger partial charge < -0.3 is 19.3 Å². The quantitative estimate of drug-likeness (QED) is 0.149. The maximum Gasteiger partial charge on any atom is 2.00 e. The monoisotopic (exact) mass is 840 g/mol. The van der Waals surface area contributed by atoms with Crippen molar-refractivity contribution in [3.63, 3.8) is 0 Å². The van der Waals surface area contributed by atoms with Crippen molar-refractivity contribution in [2.24, 2.45) is 0 Å². The minimum Gasteiger partial charge on any atom is -0.358 e. The average molecular weight is 841 g/mol. The summed E-state index contributed by atoms with van der Waals surface area (Å²) >= 11 is 0. The van der Waals surface area contributed by atoms with E-state index in [2.05, 4.69) is 191 Å². The van der Waals surface area contributed by atoms with E-state index in [9.17, 15) is 0 Å². The van der Waals surface area contributed by atoms with Gasteiger partial charge in [0, 0.05) is 23.4 Å². The van der Waals surface area contributed by atoms with Crippen LogP contribution in [0.25, 0.3) is 38.8 Å². The van der Waals surface area contributed by atoms with Gasteiger partial charge in [-0.15, -0.1) is 35.7 Å². The second kappa shape index (κ2) is 13.6. The van der Waals surface area contributed by atoms with E-state index < -0.39 is 0 Å². The summed E-state index contributed by atoms with van der Waals surface area (Å²) in [4.78, 5) is 12.0. The molecule has 0 saturated carbocycles. The maximum atomic E-state index is 4.90. The Kier molecular flexibility index (Phi) is 8.67. The van der Waals surface area contributed by atoms with Crippen molar-refractivity contribution < 1.29 is 21.1 Å². The first-order valence-corrected chi connectivity index (χ1v) is 17.1. The molecule has 0 spiro atoms. The molecule has 6 aromatic carbocycles. The van der Waals surface area contributed by atoms with Crippen molar-refractivity contribution in [2.75, 3.05) is 21.4 Å². The van der Waals surface area contributed by atoms with Crippen molar-refractivity contribution in [1.82, 2.24) is 9.55 Å². The minimum absolute atomic E-state index is 0. The predicted molar refractivity (Wildman–Crippen MR) is 207 cm³/mol. The fourth-order valence-electron chi connectivity index (χ4n) is 7.21. The van der Waals surface area contributed by atoms with E-state index in [4.69, 9.17) is 4.98 Å². The van der Waals surface area contributed by atoms with Crippen LogP contribution in [-0.2, 0) is 21.1 Å². The van der Waals surface area contributed by atoms with E-state index in [0.717, 1.165) is 62.8 Å². The fraction of sp³-hybridized carbons (Fsp3) is 0.0889. The number of nitrogens with zero attached hydrogens (tertiary/aromatic N) is 5. The third kappa shape index (κ3) is 5.78. The Morgan fingerprint density at radius 1 is 0.627 bits per heavy atom. The van der Waals surface area contributed by atoms with E-state index >= 15 is 0 Å². The van der Waals surface area contributed by atoms with Crippen LogP contribution in [0.5, 0.6) is 0 Å². The molecule has 0 saturated heterocycles. The van der Waals surface area contributed by atoms with Gasteiger partial charge in [0.1, 0.15) is 5.82 Å². The van der Waals surface area contributed by atoms with E-state index in [1.807, 2.05) is 12.3 Å². The largest absolute Gasteiger partial charge is 2.00 e. The van der Waals surface area contributed by atoms with Gasteiger partial charge in [0.2, 0.25) is 0 Å². The number of rotatable bonds is 7. The molecule has 51 heavy (non-hydrogen) atoms. The molecule has 1 aliphatic heterocycles. The Balaban J connectivity index is 0.00000374. The molecule has 1 aliphatic rings. The van der Waals surface area contributed by atoms with E-state index in [1.54, 1.807) is 0 Å². The molecule has 0 fully saturated rings. The molecular formula is C45H35N5Pt. The minimum atomic E-state index is 0. The summed E-state index contributed by atoms with van der Waals surface area (Å²) in [5, 5.41) is 2.30. The first-order chi connectivity index (χ1) is 24.6. The molecular weight excluding hydrogens is 806 g/mol. The molecule has 3 heterocycles. The molecule has 0 unspecified atom stereocenters. The third-order valence-electron chi connectivity index (χ3n) is 9.60. The maximum absolute atomic E-state index is 4.90. The van der Waals surface area contributed by atoms with Gasteiger partial charge in [0.25, 0.3) is 0 Å². The summed E-state index contributed by atoms with van der Waals surface area (Å²) in [5.41, 5.74) is 10.7. The normalized spacial score (nSPS) is 12.4. The molecule has 250 valence electrons. The zero-order valence-electron chi connectivity index (χ0n) is 28.3. The summed E-state index contributed by atoms with van der Waals surface area (Å²) in [5.74, 6) is 0.855. The van der Waals surface area contributed by atoms with Crippen LogP contribution in [0.1, 0.15) is 13.8 Å². The molecule has 5 nitrogen and oxygen atoms in total. The van der Waals surface area contributed by atoms with Gasteiger partial charge >= 0.3 is 21.1 Å². The van der Waals surface area contributed by atoms with Gasteiger partial charge in [-0.25, -0.2) is 4.98 Å². The standard InChI is InChI=1S/C45H35N5.Pt/c1-32(2)47-31-48(43-23-12-11-22-42(43)47)36-18-13-19-37(29-36)49(35-16-7-4-8-17-35)38-24-25-40-39-20-9-10-21-41(39)50(44(40)30-38)45-28-34(26-27-46-45)33-14-5-3-6-15-33;/h3-28,32H,31H2,1-2H3;/q-2;+2. The predicted octanol–water partition coefficient (Wildman–Crippen LogP) is 11.2. The molecule has 0 aliphatic carbocycles. The van der Waals surface area contributed by atoms with E-state index in [-0.39, 0.29) is 21.1 Å². The smallest absolute Gasteiger partial charge is 0.358 e. The van der Waals surface area contributed by atoms with E-state index in [0.29, 0.717) is 6.04 Å². The second-order valence-electron chi connectivity index (χ2n) is 12.9. The topological polar surface area (TPSA) is 27.5 Å². The number of aromatic nitrogens is 2. The first kappa shape index (κ1) is 32.6. The van der Waals surface area contributed by atoms with Crippen molar-refractivity contribution in [3.8, 4) is 16.9 Å². The summed E-state index contributed by atoms with van der Waals surface area (Å²) in [7, 11) is 0. The summed E-state index contributed by atoms with van der Waals surface area (Å²) in [6, 6.07) is 61.3. The average Bonchev–Trinajstić information content (AvgIpc) is 3.73. The van der Waals surface area contributed by atoms with Crippen molar-refractivity contribution >= 4 is 55.9 Å². The van der Waals surface area contributed by atoms with Gasteiger partial charge in [0.15, 0.2) is 0 Å². The van der Waals surface area contributed by atoms with Crippen LogP contribution in [-0.4, -0.2) is 22.3 Å². The molecule has 0 amide bonds. The molecule has 9 rings (SSSR count). The van der Waals surface area contributed by atoms with Gasteiger partial charge in [0.05, 0.1) is 18.0 Å². The fourth-order valence-corrected chi connectivity index (χ4v) is 7.21. The zero-order chi connectivity index (χ0) is 33.6. The summed E-state index contributed by atoms with van der Waals surface area (Å²) in [6.45, 7) is 5.27. The number of hydrogen-bond acceptors (Lipinski definition) is 4. The summed E-state index contributed by atoms with van der Waals surface area (Å²) in [6.07, 6.45) is 1.90. The molecule has 8 aromatic rings. The molecule has 2 aromatic heterocycles. The van der Waals surface area contributed by atoms with E-state index in [1.165, 1.54) is 16.8 Å². The van der Waals surface area contributed by atoms with Crippen LogP contribution in [0, 0.1) is 12.1 Å². The SMILES string of the molecule is CC(C)N1CN(c2[c-]c(N(c3[c-]c4c(cc3)c3ccccc3n4-c3cc(-c4ccccc4)ccn3)c3ccccc3)ccc2)c2ccccc21.[Pt+2]. The Bertz CT molecular complexity index is 2470. The van der Waals surface area contributed by atoms with Crippen molar-refractivity contribution in [3.05, 3.63) is 170 Å². The Morgan fingerprint density at radius 2 is 1.33 bits per heavy atom. The summed E-state index contributed by atoms with van der Waals surface area (Å²) < 4.78 is 2.24. The first-order valence-electron chi connectivity index (χ1n) is 17.1. The third-order valence-corrected chi connectivity index (χ3v) is 9.60. The Morgan fingerprint density at radius 3 is 2.14 bits per heavy atom. The molecule has 0 N–H and O–H groups in total. The number of fused-ring (bicyclic) bond motifs is 4. The number of para-hydroxylation sites is 4. The van der Waals surface area contributed by atoms with Crippen molar-refractivity contribution in [2.45, 2.75) is 19.9 Å². The van der Waals surface area contributed by atoms with Crippen LogP contribution < -0.4 is 14.7 Å². The van der Waals surface area contributed by atoms with Crippen LogP contribution in [0.2, 0.25) is 0 Å². The zero-order valence-corrected chi connectivity index (χ0v) is 30.6.